The van der Waals surface area contributed by atoms with Crippen LogP contribution in [0.5, 0.6) is 0 Å². The van der Waals surface area contributed by atoms with Crippen molar-refractivity contribution >= 4 is 15.7 Å². The molecule has 0 radical (unpaired) electrons. The van der Waals surface area contributed by atoms with Crippen molar-refractivity contribution < 1.29 is 13.2 Å². The number of aromatic nitrogens is 2. The molecule has 0 fully saturated rings. The molecule has 7 heteroatoms. The number of sulfone groups is 1. The molecule has 0 bridgehead atoms. The van der Waals surface area contributed by atoms with Crippen molar-refractivity contribution in [2.24, 2.45) is 0 Å². The van der Waals surface area contributed by atoms with E-state index >= 15 is 0 Å². The largest absolute Gasteiger partial charge is 0.351 e. The number of benzene rings is 1. The summed E-state index contributed by atoms with van der Waals surface area (Å²) in [4.78, 5) is 12.1. The molecule has 0 unspecified atom stereocenters. The van der Waals surface area contributed by atoms with Crippen LogP contribution in [0.4, 0.5) is 0 Å². The van der Waals surface area contributed by atoms with Crippen LogP contribution in [0.1, 0.15) is 17.3 Å². The predicted molar refractivity (Wildman–Crippen MR) is 80.7 cm³/mol. The highest BCUT2D eigenvalue weighted by molar-refractivity contribution is 7.91. The van der Waals surface area contributed by atoms with E-state index in [0.717, 1.165) is 5.56 Å². The molecule has 21 heavy (non-hydrogen) atoms. The van der Waals surface area contributed by atoms with Gasteiger partial charge in [0.25, 0.3) is 5.91 Å². The molecule has 2 rings (SSSR count). The summed E-state index contributed by atoms with van der Waals surface area (Å²) in [5.74, 6) is -0.327. The summed E-state index contributed by atoms with van der Waals surface area (Å²) in [5, 5.41) is 9.29. The first-order valence-electron chi connectivity index (χ1n) is 6.61. The van der Waals surface area contributed by atoms with Crippen molar-refractivity contribution in [3.8, 4) is 11.3 Å². The van der Waals surface area contributed by atoms with E-state index in [1.807, 2.05) is 30.3 Å². The number of carbonyl (C=O) groups excluding carboxylic acids is 1. The van der Waals surface area contributed by atoms with Gasteiger partial charge in [-0.3, -0.25) is 9.89 Å². The number of rotatable bonds is 6. The van der Waals surface area contributed by atoms with Gasteiger partial charge in [0.15, 0.2) is 9.84 Å². The van der Waals surface area contributed by atoms with E-state index in [4.69, 9.17) is 0 Å². The monoisotopic (exact) mass is 307 g/mol. The van der Waals surface area contributed by atoms with Crippen LogP contribution in [0.15, 0.2) is 36.5 Å². The minimum atomic E-state index is -3.08. The van der Waals surface area contributed by atoms with Gasteiger partial charge in [-0.1, -0.05) is 37.3 Å². The number of hydrogen-bond acceptors (Lipinski definition) is 4. The highest BCUT2D eigenvalue weighted by atomic mass is 32.2. The molecule has 1 aromatic carbocycles. The maximum atomic E-state index is 12.1. The van der Waals surface area contributed by atoms with Gasteiger partial charge in [-0.05, 0) is 0 Å². The lowest BCUT2D eigenvalue weighted by Gasteiger charge is -2.06. The lowest BCUT2D eigenvalue weighted by molar-refractivity contribution is 0.0957. The van der Waals surface area contributed by atoms with Crippen molar-refractivity contribution in [3.63, 3.8) is 0 Å². The number of hydrogen-bond donors (Lipinski definition) is 2. The predicted octanol–water partition coefficient (Wildman–Crippen LogP) is 1.24. The summed E-state index contributed by atoms with van der Waals surface area (Å²) in [5.41, 5.74) is 1.86. The number of aromatic amines is 1. The lowest BCUT2D eigenvalue weighted by atomic mass is 10.1. The Hall–Kier alpha value is -2.15. The zero-order valence-electron chi connectivity index (χ0n) is 11.7. The molecule has 0 aliphatic heterocycles. The van der Waals surface area contributed by atoms with Crippen LogP contribution in [-0.4, -0.2) is 42.6 Å². The second kappa shape index (κ2) is 6.53. The van der Waals surface area contributed by atoms with Gasteiger partial charge >= 0.3 is 0 Å². The molecular weight excluding hydrogens is 290 g/mol. The number of carbonyl (C=O) groups is 1. The van der Waals surface area contributed by atoms with E-state index in [1.54, 1.807) is 6.92 Å². The van der Waals surface area contributed by atoms with Crippen LogP contribution in [0.3, 0.4) is 0 Å². The van der Waals surface area contributed by atoms with E-state index in [0.29, 0.717) is 11.3 Å². The van der Waals surface area contributed by atoms with Crippen molar-refractivity contribution in [3.05, 3.63) is 42.1 Å². The van der Waals surface area contributed by atoms with Crippen LogP contribution >= 0.6 is 0 Å². The Labute approximate surface area is 123 Å². The van der Waals surface area contributed by atoms with E-state index in [1.165, 1.54) is 6.20 Å². The topological polar surface area (TPSA) is 91.9 Å². The SMILES string of the molecule is CCS(=O)(=O)CCNC(=O)c1cn[nH]c1-c1ccccc1. The molecular formula is C14H17N3O3S. The third kappa shape index (κ3) is 3.91. The first kappa shape index (κ1) is 15.2. The van der Waals surface area contributed by atoms with Crippen molar-refractivity contribution in [1.82, 2.24) is 15.5 Å². The Balaban J connectivity index is 2.06. The quantitative estimate of drug-likeness (QED) is 0.840. The van der Waals surface area contributed by atoms with Crippen molar-refractivity contribution in [2.45, 2.75) is 6.92 Å². The van der Waals surface area contributed by atoms with E-state index in [9.17, 15) is 13.2 Å². The average molecular weight is 307 g/mol. The Kier molecular flexibility index (Phi) is 4.74. The van der Waals surface area contributed by atoms with Gasteiger partial charge in [0.05, 0.1) is 23.2 Å². The summed E-state index contributed by atoms with van der Waals surface area (Å²) in [6.45, 7) is 1.68. The molecule has 0 saturated carbocycles. The van der Waals surface area contributed by atoms with Gasteiger partial charge < -0.3 is 5.32 Å². The van der Waals surface area contributed by atoms with Crippen LogP contribution < -0.4 is 5.32 Å². The summed E-state index contributed by atoms with van der Waals surface area (Å²) in [6.07, 6.45) is 1.44. The van der Waals surface area contributed by atoms with Crippen LogP contribution in [0.2, 0.25) is 0 Å². The Bertz CT molecular complexity index is 708. The lowest BCUT2D eigenvalue weighted by Crippen LogP contribution is -2.29. The summed E-state index contributed by atoms with van der Waals surface area (Å²) in [7, 11) is -3.08. The van der Waals surface area contributed by atoms with Crippen LogP contribution in [-0.2, 0) is 9.84 Å². The molecule has 0 aliphatic carbocycles. The standard InChI is InChI=1S/C14H17N3O3S/c1-2-21(19,20)9-8-15-14(18)12-10-16-17-13(12)11-6-4-3-5-7-11/h3-7,10H,2,8-9H2,1H3,(H,15,18)(H,16,17). The molecule has 0 spiro atoms. The zero-order valence-corrected chi connectivity index (χ0v) is 12.5. The van der Waals surface area contributed by atoms with Gasteiger partial charge in [-0.25, -0.2) is 8.42 Å². The fraction of sp³-hybridized carbons (Fsp3) is 0.286. The molecule has 1 aromatic heterocycles. The first-order chi connectivity index (χ1) is 10.0. The highest BCUT2D eigenvalue weighted by Gasteiger charge is 2.15. The molecule has 6 nitrogen and oxygen atoms in total. The fourth-order valence-corrected chi connectivity index (χ4v) is 2.54. The second-order valence-corrected chi connectivity index (χ2v) is 6.99. The molecule has 1 amide bonds. The van der Waals surface area contributed by atoms with Gasteiger partial charge in [-0.15, -0.1) is 0 Å². The molecule has 0 saturated heterocycles. The molecule has 112 valence electrons. The third-order valence-corrected chi connectivity index (χ3v) is 4.79. The van der Waals surface area contributed by atoms with Gasteiger partial charge in [0, 0.05) is 17.9 Å². The van der Waals surface area contributed by atoms with Crippen LogP contribution in [0.25, 0.3) is 11.3 Å². The minimum absolute atomic E-state index is 0.0617. The van der Waals surface area contributed by atoms with Gasteiger partial charge in [0.2, 0.25) is 0 Å². The fourth-order valence-electron chi connectivity index (χ4n) is 1.84. The zero-order chi connectivity index (χ0) is 15.3. The van der Waals surface area contributed by atoms with E-state index in [-0.39, 0.29) is 24.0 Å². The highest BCUT2D eigenvalue weighted by Crippen LogP contribution is 2.20. The van der Waals surface area contributed by atoms with E-state index < -0.39 is 9.84 Å². The van der Waals surface area contributed by atoms with E-state index in [2.05, 4.69) is 15.5 Å². The second-order valence-electron chi connectivity index (χ2n) is 4.52. The maximum Gasteiger partial charge on any atom is 0.255 e. The molecule has 2 N–H and O–H groups in total. The smallest absolute Gasteiger partial charge is 0.255 e. The Morgan fingerprint density at radius 2 is 2.00 bits per heavy atom. The number of nitrogens with zero attached hydrogens (tertiary/aromatic N) is 1. The number of nitrogens with one attached hydrogen (secondary N) is 2. The summed E-state index contributed by atoms with van der Waals surface area (Å²) >= 11 is 0. The molecule has 2 aromatic rings. The normalized spacial score (nSPS) is 11.3. The Morgan fingerprint density at radius 3 is 2.67 bits per heavy atom. The first-order valence-corrected chi connectivity index (χ1v) is 8.43. The molecule has 0 aliphatic rings. The third-order valence-electron chi connectivity index (χ3n) is 3.08. The van der Waals surface area contributed by atoms with Crippen molar-refractivity contribution in [1.29, 1.82) is 0 Å². The average Bonchev–Trinajstić information content (AvgIpc) is 2.97. The van der Waals surface area contributed by atoms with Crippen LogP contribution in [0, 0.1) is 0 Å². The number of H-pyrrole nitrogens is 1. The van der Waals surface area contributed by atoms with Gasteiger partial charge in [-0.2, -0.15) is 5.10 Å². The molecule has 1 heterocycles. The Morgan fingerprint density at radius 1 is 1.29 bits per heavy atom. The maximum absolute atomic E-state index is 12.1. The molecule has 0 atom stereocenters. The van der Waals surface area contributed by atoms with Crippen molar-refractivity contribution in [2.75, 3.05) is 18.1 Å². The minimum Gasteiger partial charge on any atom is -0.351 e. The summed E-state index contributed by atoms with van der Waals surface area (Å²) < 4.78 is 22.8. The van der Waals surface area contributed by atoms with Gasteiger partial charge in [0.1, 0.15) is 0 Å². The summed E-state index contributed by atoms with van der Waals surface area (Å²) in [6, 6.07) is 9.35. The number of amides is 1.